The molecule has 3 unspecified atom stereocenters. The third-order valence-corrected chi connectivity index (χ3v) is 5.80. The smallest absolute Gasteiger partial charge is 0.237 e. The summed E-state index contributed by atoms with van der Waals surface area (Å²) in [7, 11) is -3.32. The maximum atomic E-state index is 12.2. The molecule has 3 N–H and O–H groups in total. The predicted molar refractivity (Wildman–Crippen MR) is 101 cm³/mol. The first kappa shape index (κ1) is 19.8. The zero-order valence-electron chi connectivity index (χ0n) is 15.3. The number of benzene rings is 1. The van der Waals surface area contributed by atoms with Gasteiger partial charge in [-0.05, 0) is 18.4 Å². The van der Waals surface area contributed by atoms with E-state index in [-0.39, 0.29) is 29.9 Å². The van der Waals surface area contributed by atoms with E-state index in [4.69, 9.17) is 0 Å². The second-order valence-corrected chi connectivity index (χ2v) is 9.02. The minimum Gasteiger partial charge on any atom is -0.353 e. The highest BCUT2D eigenvalue weighted by molar-refractivity contribution is 7.88. The summed E-state index contributed by atoms with van der Waals surface area (Å²) in [6.45, 7) is 1.46. The molecule has 0 aliphatic carbocycles. The molecule has 3 rings (SSSR count). The van der Waals surface area contributed by atoms with Crippen molar-refractivity contribution in [1.29, 1.82) is 0 Å². The van der Waals surface area contributed by atoms with Gasteiger partial charge in [-0.2, -0.15) is 0 Å². The summed E-state index contributed by atoms with van der Waals surface area (Å²) in [5.74, 6) is -0.102. The van der Waals surface area contributed by atoms with Crippen molar-refractivity contribution in [2.45, 2.75) is 43.9 Å². The molecule has 2 saturated heterocycles. The first-order chi connectivity index (χ1) is 12.8. The highest BCUT2D eigenvalue weighted by Crippen LogP contribution is 2.26. The number of piperazine rings is 1. The molecule has 2 amide bonds. The average molecular weight is 394 g/mol. The van der Waals surface area contributed by atoms with E-state index in [0.717, 1.165) is 11.8 Å². The lowest BCUT2D eigenvalue weighted by molar-refractivity contribution is -0.129. The van der Waals surface area contributed by atoms with Gasteiger partial charge in [-0.15, -0.1) is 0 Å². The molecule has 1 aromatic rings. The summed E-state index contributed by atoms with van der Waals surface area (Å²) in [6.07, 6.45) is 2.55. The van der Waals surface area contributed by atoms with Crippen molar-refractivity contribution in [2.24, 2.45) is 0 Å². The van der Waals surface area contributed by atoms with Crippen LogP contribution in [0.1, 0.15) is 24.8 Å². The standard InChI is InChI=1S/C18H26N4O4S/c1-27(25,26)21-14-9-16-18(24)20-11-15(22(16)12-14)7-8-17(23)19-10-13-5-3-2-4-6-13/h2-6,14-16,21H,7-12H2,1H3,(H,19,23)(H,20,24). The van der Waals surface area contributed by atoms with Crippen LogP contribution in [-0.4, -0.2) is 62.6 Å². The third-order valence-electron chi connectivity index (χ3n) is 5.04. The maximum absolute atomic E-state index is 12.2. The van der Waals surface area contributed by atoms with Crippen molar-refractivity contribution in [2.75, 3.05) is 19.3 Å². The van der Waals surface area contributed by atoms with E-state index in [1.807, 2.05) is 35.2 Å². The Hall–Kier alpha value is -1.97. The van der Waals surface area contributed by atoms with E-state index < -0.39 is 10.0 Å². The quantitative estimate of drug-likeness (QED) is 0.582. The second-order valence-electron chi connectivity index (χ2n) is 7.24. The van der Waals surface area contributed by atoms with Gasteiger partial charge in [0.15, 0.2) is 0 Å². The molecular weight excluding hydrogens is 368 g/mol. The normalized spacial score (nSPS) is 25.7. The summed E-state index contributed by atoms with van der Waals surface area (Å²) in [5.41, 5.74) is 1.05. The Morgan fingerprint density at radius 2 is 2.04 bits per heavy atom. The van der Waals surface area contributed by atoms with Gasteiger partial charge in [-0.3, -0.25) is 14.5 Å². The lowest BCUT2D eigenvalue weighted by Gasteiger charge is -2.37. The van der Waals surface area contributed by atoms with Gasteiger partial charge in [0.25, 0.3) is 0 Å². The lowest BCUT2D eigenvalue weighted by atomic mass is 10.0. The Kier molecular flexibility index (Phi) is 6.13. The molecule has 2 fully saturated rings. The summed E-state index contributed by atoms with van der Waals surface area (Å²) in [4.78, 5) is 26.3. The van der Waals surface area contributed by atoms with Crippen LogP contribution in [-0.2, 0) is 26.2 Å². The molecule has 2 heterocycles. The Balaban J connectivity index is 1.50. The van der Waals surface area contributed by atoms with Crippen LogP contribution in [0.4, 0.5) is 0 Å². The number of nitrogens with one attached hydrogen (secondary N) is 3. The average Bonchev–Trinajstić information content (AvgIpc) is 3.03. The number of rotatable bonds is 7. The Morgan fingerprint density at radius 1 is 1.30 bits per heavy atom. The van der Waals surface area contributed by atoms with Gasteiger partial charge in [0.1, 0.15) is 0 Å². The number of carbonyl (C=O) groups is 2. The Morgan fingerprint density at radius 3 is 2.74 bits per heavy atom. The lowest BCUT2D eigenvalue weighted by Crippen LogP contribution is -2.58. The molecule has 0 radical (unpaired) electrons. The molecule has 0 saturated carbocycles. The molecule has 9 heteroatoms. The predicted octanol–water partition coefficient (Wildman–Crippen LogP) is -0.426. The van der Waals surface area contributed by atoms with Gasteiger partial charge < -0.3 is 10.6 Å². The number of fused-ring (bicyclic) bond motifs is 1. The molecule has 2 aliphatic heterocycles. The zero-order valence-corrected chi connectivity index (χ0v) is 16.2. The topological polar surface area (TPSA) is 108 Å². The number of hydrogen-bond donors (Lipinski definition) is 3. The van der Waals surface area contributed by atoms with E-state index in [2.05, 4.69) is 15.4 Å². The highest BCUT2D eigenvalue weighted by atomic mass is 32.2. The minimum absolute atomic E-state index is 0.0292. The van der Waals surface area contributed by atoms with Crippen LogP contribution in [0.5, 0.6) is 0 Å². The van der Waals surface area contributed by atoms with Crippen LogP contribution in [0.3, 0.4) is 0 Å². The summed E-state index contributed by atoms with van der Waals surface area (Å²) in [5, 5.41) is 5.79. The maximum Gasteiger partial charge on any atom is 0.237 e. The van der Waals surface area contributed by atoms with Crippen LogP contribution in [0.2, 0.25) is 0 Å². The minimum atomic E-state index is -3.32. The SMILES string of the molecule is CS(=O)(=O)NC1CC2C(=O)NCC(CCC(=O)NCc3ccccc3)N2C1. The fourth-order valence-corrected chi connectivity index (χ4v) is 4.59. The third kappa shape index (κ3) is 5.50. The van der Waals surface area contributed by atoms with Gasteiger partial charge >= 0.3 is 0 Å². The van der Waals surface area contributed by atoms with Crippen molar-refractivity contribution >= 4 is 21.8 Å². The molecule has 27 heavy (non-hydrogen) atoms. The first-order valence-corrected chi connectivity index (χ1v) is 11.0. The van der Waals surface area contributed by atoms with Crippen LogP contribution >= 0.6 is 0 Å². The fourth-order valence-electron chi connectivity index (χ4n) is 3.81. The number of nitrogens with zero attached hydrogens (tertiary/aromatic N) is 1. The molecular formula is C18H26N4O4S. The van der Waals surface area contributed by atoms with Gasteiger partial charge in [0.2, 0.25) is 21.8 Å². The highest BCUT2D eigenvalue weighted by Gasteiger charge is 2.43. The molecule has 148 valence electrons. The van der Waals surface area contributed by atoms with E-state index in [0.29, 0.717) is 38.9 Å². The molecule has 2 aliphatic rings. The van der Waals surface area contributed by atoms with Crippen molar-refractivity contribution in [3.05, 3.63) is 35.9 Å². The van der Waals surface area contributed by atoms with Crippen molar-refractivity contribution in [3.63, 3.8) is 0 Å². The number of carbonyl (C=O) groups excluding carboxylic acids is 2. The number of hydrogen-bond acceptors (Lipinski definition) is 5. The summed E-state index contributed by atoms with van der Waals surface area (Å²) < 4.78 is 25.5. The second kappa shape index (κ2) is 8.37. The van der Waals surface area contributed by atoms with Crippen LogP contribution < -0.4 is 15.4 Å². The van der Waals surface area contributed by atoms with Crippen LogP contribution in [0.25, 0.3) is 0 Å². The fraction of sp³-hybridized carbons (Fsp3) is 0.556. The Labute approximate surface area is 159 Å². The van der Waals surface area contributed by atoms with Gasteiger partial charge in [-0.25, -0.2) is 13.1 Å². The molecule has 0 spiro atoms. The molecule has 1 aromatic carbocycles. The number of amides is 2. The van der Waals surface area contributed by atoms with E-state index in [1.54, 1.807) is 0 Å². The molecule has 3 atom stereocenters. The van der Waals surface area contributed by atoms with Crippen LogP contribution in [0, 0.1) is 0 Å². The first-order valence-electron chi connectivity index (χ1n) is 9.13. The van der Waals surface area contributed by atoms with E-state index >= 15 is 0 Å². The molecule has 0 bridgehead atoms. The number of sulfonamides is 1. The van der Waals surface area contributed by atoms with Gasteiger partial charge in [-0.1, -0.05) is 30.3 Å². The van der Waals surface area contributed by atoms with Crippen LogP contribution in [0.15, 0.2) is 30.3 Å². The largest absolute Gasteiger partial charge is 0.353 e. The zero-order chi connectivity index (χ0) is 19.4. The van der Waals surface area contributed by atoms with E-state index in [1.165, 1.54) is 0 Å². The van der Waals surface area contributed by atoms with Gasteiger partial charge in [0, 0.05) is 38.1 Å². The Bertz CT molecular complexity index is 784. The molecule has 8 nitrogen and oxygen atoms in total. The van der Waals surface area contributed by atoms with E-state index in [9.17, 15) is 18.0 Å². The summed E-state index contributed by atoms with van der Waals surface area (Å²) in [6, 6.07) is 9.13. The van der Waals surface area contributed by atoms with Crippen molar-refractivity contribution < 1.29 is 18.0 Å². The van der Waals surface area contributed by atoms with Crippen molar-refractivity contribution in [1.82, 2.24) is 20.3 Å². The summed E-state index contributed by atoms with van der Waals surface area (Å²) >= 11 is 0. The van der Waals surface area contributed by atoms with Crippen molar-refractivity contribution in [3.8, 4) is 0 Å². The molecule has 0 aromatic heterocycles. The van der Waals surface area contributed by atoms with Gasteiger partial charge in [0.05, 0.1) is 12.3 Å². The monoisotopic (exact) mass is 394 g/mol.